The Balaban J connectivity index is 2.17. The molecule has 1 heterocycles. The van der Waals surface area contributed by atoms with Gasteiger partial charge in [-0.3, -0.25) is 0 Å². The second-order valence-electron chi connectivity index (χ2n) is 3.69. The Morgan fingerprint density at radius 3 is 2.84 bits per heavy atom. The summed E-state index contributed by atoms with van der Waals surface area (Å²) in [6, 6.07) is 7.45. The molecule has 2 aromatic rings. The van der Waals surface area contributed by atoms with Crippen molar-refractivity contribution in [2.75, 3.05) is 0 Å². The predicted octanol–water partition coefficient (Wildman–Crippen LogP) is 1.19. The number of rotatable bonds is 4. The lowest BCUT2D eigenvalue weighted by atomic mass is 10.1. The minimum atomic E-state index is -1.54. The molecule has 1 unspecified atom stereocenters. The van der Waals surface area contributed by atoms with Crippen LogP contribution in [0.3, 0.4) is 0 Å². The van der Waals surface area contributed by atoms with E-state index in [4.69, 9.17) is 5.11 Å². The first-order valence-electron chi connectivity index (χ1n) is 5.29. The van der Waals surface area contributed by atoms with Gasteiger partial charge in [0.15, 0.2) is 0 Å². The van der Waals surface area contributed by atoms with Crippen LogP contribution < -0.4 is 0 Å². The maximum Gasteiger partial charge on any atom is 0.346 e. The van der Waals surface area contributed by atoms with Gasteiger partial charge in [-0.1, -0.05) is 12.1 Å². The Bertz CT molecular complexity index is 606. The molecule has 0 radical (unpaired) electrons. The Morgan fingerprint density at radius 1 is 1.37 bits per heavy atom. The third kappa shape index (κ3) is 3.43. The lowest BCUT2D eigenvalue weighted by molar-refractivity contribution is 0.0696. The summed E-state index contributed by atoms with van der Waals surface area (Å²) < 4.78 is 12.0. The van der Waals surface area contributed by atoms with E-state index in [-0.39, 0.29) is 22.4 Å². The van der Waals surface area contributed by atoms with Crippen molar-refractivity contribution < 1.29 is 19.6 Å². The van der Waals surface area contributed by atoms with Gasteiger partial charge >= 0.3 is 11.1 Å². The molecule has 19 heavy (non-hydrogen) atoms. The number of carboxylic acid groups (broad SMARTS) is 1. The van der Waals surface area contributed by atoms with Gasteiger partial charge < -0.3 is 14.8 Å². The van der Waals surface area contributed by atoms with Crippen LogP contribution in [0.1, 0.15) is 15.9 Å². The zero-order chi connectivity index (χ0) is 13.8. The number of hydrogen-bond donors (Lipinski definition) is 2. The van der Waals surface area contributed by atoms with Crippen molar-refractivity contribution in [2.24, 2.45) is 0 Å². The molecule has 98 valence electrons. The number of carbonyl (C=O) groups is 1. The van der Waals surface area contributed by atoms with Crippen molar-refractivity contribution in [2.45, 2.75) is 10.9 Å². The topological polar surface area (TPSA) is 106 Å². The summed E-state index contributed by atoms with van der Waals surface area (Å²) in [4.78, 5) is 18.3. The first-order chi connectivity index (χ1) is 9.06. The van der Waals surface area contributed by atoms with E-state index >= 15 is 0 Å². The highest BCUT2D eigenvalue weighted by molar-refractivity contribution is 7.90. The zero-order valence-corrected chi connectivity index (χ0v) is 10.5. The van der Waals surface area contributed by atoms with Gasteiger partial charge in [-0.25, -0.2) is 4.79 Å². The molecule has 1 aromatic carbocycles. The minimum Gasteiger partial charge on any atom is -0.609 e. The second-order valence-corrected chi connectivity index (χ2v) is 5.04. The number of benzene rings is 1. The molecule has 0 saturated heterocycles. The predicted molar refractivity (Wildman–Crippen MR) is 67.2 cm³/mol. The third-order valence-electron chi connectivity index (χ3n) is 2.29. The second kappa shape index (κ2) is 5.68. The zero-order valence-electron chi connectivity index (χ0n) is 9.68. The molecule has 6 nitrogen and oxygen atoms in total. The lowest BCUT2D eigenvalue weighted by Gasteiger charge is -2.08. The number of aromatic carboxylic acids is 1. The van der Waals surface area contributed by atoms with E-state index in [9.17, 15) is 14.5 Å². The van der Waals surface area contributed by atoms with E-state index in [0.29, 0.717) is 5.56 Å². The van der Waals surface area contributed by atoms with Gasteiger partial charge in [0.1, 0.15) is 5.75 Å². The van der Waals surface area contributed by atoms with E-state index in [1.807, 2.05) is 0 Å². The minimum absolute atomic E-state index is 0.0146. The summed E-state index contributed by atoms with van der Waals surface area (Å²) in [5, 5.41) is 18.1. The molecule has 0 saturated carbocycles. The Kier molecular flexibility index (Phi) is 3.98. The van der Waals surface area contributed by atoms with Crippen molar-refractivity contribution >= 4 is 17.1 Å². The van der Waals surface area contributed by atoms with Gasteiger partial charge in [0.25, 0.3) is 0 Å². The normalized spacial score (nSPS) is 12.1. The fourth-order valence-corrected chi connectivity index (χ4v) is 2.44. The Hall–Kier alpha value is -2.12. The van der Waals surface area contributed by atoms with Crippen LogP contribution >= 0.6 is 0 Å². The van der Waals surface area contributed by atoms with Crippen LogP contribution in [0.4, 0.5) is 0 Å². The van der Waals surface area contributed by atoms with Crippen molar-refractivity contribution in [3.8, 4) is 5.88 Å². The molecule has 0 bridgehead atoms. The number of nitrogens with zero attached hydrogens (tertiary/aromatic N) is 2. The van der Waals surface area contributed by atoms with Crippen LogP contribution in [-0.2, 0) is 16.9 Å². The lowest BCUT2D eigenvalue weighted by Crippen LogP contribution is -2.09. The number of hydrogen-bond acceptors (Lipinski definition) is 5. The van der Waals surface area contributed by atoms with E-state index in [2.05, 4.69) is 9.97 Å². The summed E-state index contributed by atoms with van der Waals surface area (Å²) >= 11 is -1.54. The molecule has 0 aliphatic carbocycles. The third-order valence-corrected chi connectivity index (χ3v) is 3.49. The average molecular weight is 278 g/mol. The van der Waals surface area contributed by atoms with E-state index in [1.54, 1.807) is 12.1 Å². The summed E-state index contributed by atoms with van der Waals surface area (Å²) in [6.07, 6.45) is 1.31. The first-order valence-corrected chi connectivity index (χ1v) is 6.61. The smallest absolute Gasteiger partial charge is 0.346 e. The molecule has 0 spiro atoms. The van der Waals surface area contributed by atoms with Crippen molar-refractivity contribution in [1.82, 2.24) is 9.97 Å². The summed E-state index contributed by atoms with van der Waals surface area (Å²) in [5.41, 5.74) is 0.733. The van der Waals surface area contributed by atoms with Gasteiger partial charge in [-0.2, -0.15) is 4.98 Å². The molecule has 7 heteroatoms. The van der Waals surface area contributed by atoms with E-state index < -0.39 is 17.1 Å². The highest BCUT2D eigenvalue weighted by Gasteiger charge is 2.17. The SMILES string of the molecule is O=C(O)c1cccc(C[S+]([O-])c2nccc(O)n2)c1. The largest absolute Gasteiger partial charge is 0.609 e. The first kappa shape index (κ1) is 13.3. The van der Waals surface area contributed by atoms with Crippen LogP contribution in [-0.4, -0.2) is 30.7 Å². The number of carboxylic acids is 1. The van der Waals surface area contributed by atoms with Crippen LogP contribution in [0.2, 0.25) is 0 Å². The van der Waals surface area contributed by atoms with Gasteiger partial charge in [0.2, 0.25) is 5.88 Å². The molecular formula is C12H10N2O4S. The van der Waals surface area contributed by atoms with Gasteiger partial charge in [0, 0.05) is 29.0 Å². The number of aromatic nitrogens is 2. The van der Waals surface area contributed by atoms with Gasteiger partial charge in [-0.15, -0.1) is 4.98 Å². The maximum absolute atomic E-state index is 12.0. The van der Waals surface area contributed by atoms with Crippen LogP contribution in [0, 0.1) is 0 Å². The molecule has 1 atom stereocenters. The van der Waals surface area contributed by atoms with Crippen molar-refractivity contribution in [1.29, 1.82) is 0 Å². The Morgan fingerprint density at radius 2 is 2.16 bits per heavy atom. The maximum atomic E-state index is 12.0. The molecule has 0 aliphatic heterocycles. The van der Waals surface area contributed by atoms with Crippen LogP contribution in [0.25, 0.3) is 0 Å². The molecule has 1 aromatic heterocycles. The fraction of sp³-hybridized carbons (Fsp3) is 0.0833. The average Bonchev–Trinajstić information content (AvgIpc) is 2.39. The standard InChI is InChI=1S/C12H10N2O4S/c15-10-4-5-13-12(14-10)19(18)7-8-2-1-3-9(6-8)11(16)17/h1-6H,7H2,(H,16,17)(H,13,14,15). The summed E-state index contributed by atoms with van der Waals surface area (Å²) in [5.74, 6) is -1.20. The number of aromatic hydroxyl groups is 1. The van der Waals surface area contributed by atoms with Crippen molar-refractivity contribution in [3.05, 3.63) is 47.7 Å². The quantitative estimate of drug-likeness (QED) is 0.642. The summed E-state index contributed by atoms with van der Waals surface area (Å²) in [7, 11) is 0. The molecule has 0 amide bonds. The highest BCUT2D eigenvalue weighted by Crippen LogP contribution is 2.15. The summed E-state index contributed by atoms with van der Waals surface area (Å²) in [6.45, 7) is 0. The Labute approximate surface area is 112 Å². The van der Waals surface area contributed by atoms with Crippen molar-refractivity contribution in [3.63, 3.8) is 0 Å². The molecule has 0 aliphatic rings. The molecule has 2 rings (SSSR count). The van der Waals surface area contributed by atoms with Crippen LogP contribution in [0.5, 0.6) is 5.88 Å². The highest BCUT2D eigenvalue weighted by atomic mass is 32.2. The molecule has 0 fully saturated rings. The fourth-order valence-electron chi connectivity index (χ4n) is 1.45. The van der Waals surface area contributed by atoms with E-state index in [1.165, 1.54) is 24.4 Å². The molecular weight excluding hydrogens is 268 g/mol. The molecule has 2 N–H and O–H groups in total. The van der Waals surface area contributed by atoms with Gasteiger partial charge in [0.05, 0.1) is 5.56 Å². The van der Waals surface area contributed by atoms with Gasteiger partial charge in [-0.05, 0) is 12.1 Å². The van der Waals surface area contributed by atoms with E-state index in [0.717, 1.165) is 0 Å². The monoisotopic (exact) mass is 278 g/mol. The van der Waals surface area contributed by atoms with Crippen LogP contribution in [0.15, 0.2) is 41.7 Å².